The molecule has 1 aromatic rings. The van der Waals surface area contributed by atoms with E-state index in [1.54, 1.807) is 7.11 Å². The summed E-state index contributed by atoms with van der Waals surface area (Å²) in [6.07, 6.45) is 4.75. The number of amides is 1. The number of nitrogens with one attached hydrogen (secondary N) is 1. The summed E-state index contributed by atoms with van der Waals surface area (Å²) in [5.41, 5.74) is 0.661. The molecule has 1 aliphatic rings. The summed E-state index contributed by atoms with van der Waals surface area (Å²) in [4.78, 5) is 14.4. The van der Waals surface area contributed by atoms with E-state index < -0.39 is 6.09 Å². The summed E-state index contributed by atoms with van der Waals surface area (Å²) in [7, 11) is 1.62. The van der Waals surface area contributed by atoms with Crippen molar-refractivity contribution >= 4 is 11.8 Å². The quantitative estimate of drug-likeness (QED) is 0.685. The molecule has 1 N–H and O–H groups in total. The number of benzene rings is 1. The van der Waals surface area contributed by atoms with Gasteiger partial charge >= 0.3 is 6.09 Å². The first-order valence-corrected chi connectivity index (χ1v) is 9.16. The molecule has 0 saturated carbocycles. The van der Waals surface area contributed by atoms with E-state index in [0.717, 1.165) is 44.5 Å². The Morgan fingerprint density at radius 2 is 2.08 bits per heavy atom. The van der Waals surface area contributed by atoms with Crippen molar-refractivity contribution in [1.29, 1.82) is 0 Å². The highest BCUT2D eigenvalue weighted by atomic mass is 16.6. The van der Waals surface area contributed by atoms with E-state index in [0.29, 0.717) is 18.9 Å². The minimum absolute atomic E-state index is 0.353. The van der Waals surface area contributed by atoms with Crippen LogP contribution in [0.4, 0.5) is 10.5 Å². The normalized spacial score (nSPS) is 16.2. The van der Waals surface area contributed by atoms with Gasteiger partial charge in [0.1, 0.15) is 5.75 Å². The minimum Gasteiger partial charge on any atom is -0.494 e. The maximum Gasteiger partial charge on any atom is 0.413 e. The van der Waals surface area contributed by atoms with E-state index in [4.69, 9.17) is 14.2 Å². The molecule has 25 heavy (non-hydrogen) atoms. The molecule has 1 amide bonds. The maximum absolute atomic E-state index is 12.3. The number of piperidine rings is 1. The summed E-state index contributed by atoms with van der Waals surface area (Å²) >= 11 is 0. The highest BCUT2D eigenvalue weighted by Crippen LogP contribution is 2.19. The molecule has 0 spiro atoms. The van der Waals surface area contributed by atoms with Crippen molar-refractivity contribution in [3.8, 4) is 5.75 Å². The number of nitrogens with zero attached hydrogens (tertiary/aromatic N) is 1. The zero-order valence-electron chi connectivity index (χ0n) is 15.3. The fraction of sp³-hybridized carbons (Fsp3) is 0.632. The van der Waals surface area contributed by atoms with Crippen LogP contribution >= 0.6 is 0 Å². The average molecular weight is 350 g/mol. The number of carbonyl (C=O) groups is 1. The van der Waals surface area contributed by atoms with Crippen LogP contribution in [0.15, 0.2) is 24.3 Å². The van der Waals surface area contributed by atoms with E-state index in [1.165, 1.54) is 6.42 Å². The lowest BCUT2D eigenvalue weighted by molar-refractivity contribution is -0.0586. The van der Waals surface area contributed by atoms with Gasteiger partial charge in [-0.05, 0) is 31.4 Å². The lowest BCUT2D eigenvalue weighted by Gasteiger charge is -2.33. The monoisotopic (exact) mass is 350 g/mol. The molecule has 0 bridgehead atoms. The molecular weight excluding hydrogens is 320 g/mol. The molecule has 0 radical (unpaired) electrons. The second-order valence-corrected chi connectivity index (χ2v) is 6.27. The molecule has 1 unspecified atom stereocenters. The number of unbranched alkanes of at least 4 members (excludes halogenated alkanes) is 1. The van der Waals surface area contributed by atoms with Crippen LogP contribution in [0.1, 0.15) is 39.0 Å². The first-order valence-electron chi connectivity index (χ1n) is 9.16. The number of rotatable bonds is 9. The van der Waals surface area contributed by atoms with Crippen molar-refractivity contribution in [3.63, 3.8) is 0 Å². The molecule has 1 heterocycles. The Morgan fingerprint density at radius 3 is 2.80 bits per heavy atom. The van der Waals surface area contributed by atoms with Gasteiger partial charge in [0, 0.05) is 32.0 Å². The molecule has 1 atom stereocenters. The fourth-order valence-electron chi connectivity index (χ4n) is 2.83. The van der Waals surface area contributed by atoms with Crippen molar-refractivity contribution in [2.45, 2.75) is 45.3 Å². The molecule has 1 saturated heterocycles. The van der Waals surface area contributed by atoms with Crippen LogP contribution in [0.2, 0.25) is 0 Å². The predicted octanol–water partition coefficient (Wildman–Crippen LogP) is 3.87. The fourth-order valence-corrected chi connectivity index (χ4v) is 2.83. The predicted molar refractivity (Wildman–Crippen MR) is 98.0 cm³/mol. The van der Waals surface area contributed by atoms with Crippen molar-refractivity contribution in [1.82, 2.24) is 4.90 Å². The van der Waals surface area contributed by atoms with Gasteiger partial charge in [-0.15, -0.1) is 0 Å². The van der Waals surface area contributed by atoms with Gasteiger partial charge in [-0.2, -0.15) is 0 Å². The molecule has 1 aliphatic heterocycles. The van der Waals surface area contributed by atoms with Crippen molar-refractivity contribution < 1.29 is 19.0 Å². The van der Waals surface area contributed by atoms with Crippen molar-refractivity contribution in [2.75, 3.05) is 38.7 Å². The highest BCUT2D eigenvalue weighted by molar-refractivity contribution is 5.84. The van der Waals surface area contributed by atoms with Crippen LogP contribution in [0.25, 0.3) is 0 Å². The molecule has 6 nitrogen and oxygen atoms in total. The lowest BCUT2D eigenvalue weighted by Crippen LogP contribution is -2.45. The largest absolute Gasteiger partial charge is 0.494 e. The van der Waals surface area contributed by atoms with E-state index in [-0.39, 0.29) is 6.23 Å². The van der Waals surface area contributed by atoms with E-state index in [1.807, 2.05) is 24.3 Å². The van der Waals surface area contributed by atoms with Crippen LogP contribution in [0.3, 0.4) is 0 Å². The highest BCUT2D eigenvalue weighted by Gasteiger charge is 2.24. The van der Waals surface area contributed by atoms with Gasteiger partial charge in [0.25, 0.3) is 0 Å². The van der Waals surface area contributed by atoms with Crippen LogP contribution in [-0.2, 0) is 9.47 Å². The molecule has 0 aliphatic carbocycles. The first-order chi connectivity index (χ1) is 12.2. The standard InChI is InChI=1S/C19H30N2O4/c1-3-4-13-24-17-10-8-9-16(14-17)20-19(22)25-18(15-23-2)21-11-6-5-7-12-21/h8-10,14,18H,3-7,11-13,15H2,1-2H3,(H,20,22). The first kappa shape index (κ1) is 19.5. The summed E-state index contributed by atoms with van der Waals surface area (Å²) in [6, 6.07) is 7.37. The van der Waals surface area contributed by atoms with Gasteiger partial charge in [0.05, 0.1) is 13.2 Å². The van der Waals surface area contributed by atoms with Crippen LogP contribution in [-0.4, -0.2) is 50.6 Å². The lowest BCUT2D eigenvalue weighted by atomic mass is 10.1. The third kappa shape index (κ3) is 6.92. The Bertz CT molecular complexity index is 518. The Morgan fingerprint density at radius 1 is 1.28 bits per heavy atom. The van der Waals surface area contributed by atoms with Crippen LogP contribution < -0.4 is 10.1 Å². The minimum atomic E-state index is -0.474. The van der Waals surface area contributed by atoms with E-state index in [2.05, 4.69) is 17.1 Å². The zero-order valence-corrected chi connectivity index (χ0v) is 15.3. The molecule has 6 heteroatoms. The summed E-state index contributed by atoms with van der Waals surface area (Å²) < 4.78 is 16.5. The third-order valence-electron chi connectivity index (χ3n) is 4.20. The second-order valence-electron chi connectivity index (χ2n) is 6.27. The Balaban J connectivity index is 1.87. The SMILES string of the molecule is CCCCOc1cccc(NC(=O)OC(COC)N2CCCCC2)c1. The molecule has 1 fully saturated rings. The maximum atomic E-state index is 12.3. The van der Waals surface area contributed by atoms with Gasteiger partial charge in [-0.1, -0.05) is 25.8 Å². The molecule has 2 rings (SSSR count). The number of anilines is 1. The van der Waals surface area contributed by atoms with Crippen LogP contribution in [0, 0.1) is 0 Å². The zero-order chi connectivity index (χ0) is 17.9. The molecule has 1 aromatic carbocycles. The van der Waals surface area contributed by atoms with Gasteiger partial charge in [0.2, 0.25) is 0 Å². The number of hydrogen-bond donors (Lipinski definition) is 1. The average Bonchev–Trinajstić information content (AvgIpc) is 2.63. The van der Waals surface area contributed by atoms with Gasteiger partial charge in [-0.25, -0.2) is 4.79 Å². The number of methoxy groups -OCH3 is 1. The van der Waals surface area contributed by atoms with Gasteiger partial charge in [-0.3, -0.25) is 10.2 Å². The molecular formula is C19H30N2O4. The van der Waals surface area contributed by atoms with Crippen molar-refractivity contribution in [2.24, 2.45) is 0 Å². The number of ether oxygens (including phenoxy) is 3. The Kier molecular flexibility index (Phi) is 8.55. The molecule has 0 aromatic heterocycles. The Labute approximate surface area is 150 Å². The Hall–Kier alpha value is -1.79. The van der Waals surface area contributed by atoms with Gasteiger partial charge < -0.3 is 14.2 Å². The summed E-state index contributed by atoms with van der Waals surface area (Å²) in [5, 5.41) is 2.78. The number of hydrogen-bond acceptors (Lipinski definition) is 5. The molecule has 140 valence electrons. The van der Waals surface area contributed by atoms with E-state index >= 15 is 0 Å². The number of carbonyl (C=O) groups excluding carboxylic acids is 1. The van der Waals surface area contributed by atoms with Crippen LogP contribution in [0.5, 0.6) is 5.75 Å². The summed E-state index contributed by atoms with van der Waals surface area (Å²) in [5.74, 6) is 0.746. The van der Waals surface area contributed by atoms with Gasteiger partial charge in [0.15, 0.2) is 6.23 Å². The summed E-state index contributed by atoms with van der Waals surface area (Å²) in [6.45, 7) is 5.03. The second kappa shape index (κ2) is 10.9. The topological polar surface area (TPSA) is 60.0 Å². The smallest absolute Gasteiger partial charge is 0.413 e. The van der Waals surface area contributed by atoms with E-state index in [9.17, 15) is 4.79 Å². The van der Waals surface area contributed by atoms with Crippen molar-refractivity contribution in [3.05, 3.63) is 24.3 Å². The number of likely N-dealkylation sites (tertiary alicyclic amines) is 1. The third-order valence-corrected chi connectivity index (χ3v) is 4.20.